The molecule has 0 bridgehead atoms. The van der Waals surface area contributed by atoms with Gasteiger partial charge in [-0.3, -0.25) is 0 Å². The number of methoxy groups -OCH3 is 1. The Hall–Kier alpha value is -1.63. The van der Waals surface area contributed by atoms with Crippen molar-refractivity contribution in [3.05, 3.63) is 0 Å². The van der Waals surface area contributed by atoms with Gasteiger partial charge in [0.1, 0.15) is 0 Å². The molecule has 0 saturated carbocycles. The largest absolute Gasteiger partial charge is 0.463 e. The summed E-state index contributed by atoms with van der Waals surface area (Å²) in [6.07, 6.45) is 0.723. The summed E-state index contributed by atoms with van der Waals surface area (Å²) in [7, 11) is 1.63. The van der Waals surface area contributed by atoms with Crippen LogP contribution in [0.2, 0.25) is 0 Å². The first kappa shape index (κ1) is 13.4. The molecule has 2 N–H and O–H groups in total. The van der Waals surface area contributed by atoms with Gasteiger partial charge >= 0.3 is 12.0 Å². The highest BCUT2D eigenvalue weighted by molar-refractivity contribution is 5.20. The number of nitrogen functional groups attached to an aromatic ring is 1. The standard InChI is InChI=1S/C10H18N4O3/c1-7(2)17-10-13-8(11)12-9(14-10)16-6-4-5-15-3/h7H,4-6H2,1-3H3,(H2,11,12,13,14). The van der Waals surface area contributed by atoms with Crippen LogP contribution in [0.4, 0.5) is 5.95 Å². The summed E-state index contributed by atoms with van der Waals surface area (Å²) in [4.78, 5) is 11.7. The third-order valence-electron chi connectivity index (χ3n) is 1.68. The Morgan fingerprint density at radius 3 is 2.47 bits per heavy atom. The maximum absolute atomic E-state index is 5.52. The van der Waals surface area contributed by atoms with E-state index in [-0.39, 0.29) is 24.1 Å². The molecule has 0 aromatic carbocycles. The molecule has 7 heteroatoms. The van der Waals surface area contributed by atoms with Gasteiger partial charge in [0.25, 0.3) is 0 Å². The molecule has 0 aliphatic heterocycles. The van der Waals surface area contributed by atoms with E-state index in [1.165, 1.54) is 0 Å². The highest BCUT2D eigenvalue weighted by Gasteiger charge is 2.07. The Kier molecular flexibility index (Phi) is 5.41. The Balaban J connectivity index is 2.56. The Morgan fingerprint density at radius 2 is 1.82 bits per heavy atom. The SMILES string of the molecule is COCCCOc1nc(N)nc(OC(C)C)n1. The molecule has 0 aliphatic rings. The molecule has 0 radical (unpaired) electrons. The smallest absolute Gasteiger partial charge is 0.324 e. The first-order chi connectivity index (χ1) is 8.11. The van der Waals surface area contributed by atoms with E-state index < -0.39 is 0 Å². The van der Waals surface area contributed by atoms with Crippen molar-refractivity contribution in [3.63, 3.8) is 0 Å². The van der Waals surface area contributed by atoms with Crippen LogP contribution in [0.25, 0.3) is 0 Å². The molecule has 7 nitrogen and oxygen atoms in total. The van der Waals surface area contributed by atoms with Gasteiger partial charge in [-0.05, 0) is 13.8 Å². The molecule has 1 heterocycles. The lowest BCUT2D eigenvalue weighted by Crippen LogP contribution is -2.12. The van der Waals surface area contributed by atoms with Crippen LogP contribution in [0, 0.1) is 0 Å². The number of anilines is 1. The van der Waals surface area contributed by atoms with E-state index in [1.807, 2.05) is 13.8 Å². The molecule has 1 aromatic rings. The molecular formula is C10H18N4O3. The van der Waals surface area contributed by atoms with E-state index in [0.717, 1.165) is 6.42 Å². The van der Waals surface area contributed by atoms with Crippen LogP contribution >= 0.6 is 0 Å². The number of rotatable bonds is 7. The van der Waals surface area contributed by atoms with E-state index in [9.17, 15) is 0 Å². The molecule has 0 unspecified atom stereocenters. The lowest BCUT2D eigenvalue weighted by atomic mass is 10.5. The third kappa shape index (κ3) is 5.30. The van der Waals surface area contributed by atoms with E-state index in [0.29, 0.717) is 13.2 Å². The monoisotopic (exact) mass is 242 g/mol. The van der Waals surface area contributed by atoms with Crippen molar-refractivity contribution >= 4 is 5.95 Å². The summed E-state index contributed by atoms with van der Waals surface area (Å²) in [5.74, 6) is 0.0809. The van der Waals surface area contributed by atoms with Gasteiger partial charge in [-0.15, -0.1) is 4.98 Å². The lowest BCUT2D eigenvalue weighted by Gasteiger charge is -2.09. The van der Waals surface area contributed by atoms with Crippen LogP contribution in [-0.2, 0) is 4.74 Å². The minimum absolute atomic E-state index is 0.0295. The highest BCUT2D eigenvalue weighted by Crippen LogP contribution is 2.12. The van der Waals surface area contributed by atoms with Crippen molar-refractivity contribution in [2.45, 2.75) is 26.4 Å². The third-order valence-corrected chi connectivity index (χ3v) is 1.68. The van der Waals surface area contributed by atoms with Gasteiger partial charge in [-0.1, -0.05) is 0 Å². The van der Waals surface area contributed by atoms with E-state index in [1.54, 1.807) is 7.11 Å². The molecule has 96 valence electrons. The maximum atomic E-state index is 5.52. The number of nitrogens with zero attached hydrogens (tertiary/aromatic N) is 3. The van der Waals surface area contributed by atoms with Crippen LogP contribution in [0.3, 0.4) is 0 Å². The van der Waals surface area contributed by atoms with Gasteiger partial charge < -0.3 is 19.9 Å². The van der Waals surface area contributed by atoms with Gasteiger partial charge in [-0.2, -0.15) is 9.97 Å². The molecule has 0 aliphatic carbocycles. The summed E-state index contributed by atoms with van der Waals surface area (Å²) in [5.41, 5.74) is 5.52. The van der Waals surface area contributed by atoms with Crippen molar-refractivity contribution < 1.29 is 14.2 Å². The van der Waals surface area contributed by atoms with E-state index in [2.05, 4.69) is 15.0 Å². The van der Waals surface area contributed by atoms with Gasteiger partial charge in [0.15, 0.2) is 0 Å². The zero-order chi connectivity index (χ0) is 12.7. The second kappa shape index (κ2) is 6.85. The van der Waals surface area contributed by atoms with Crippen LogP contribution in [0.5, 0.6) is 12.0 Å². The summed E-state index contributed by atoms with van der Waals surface area (Å²) < 4.78 is 15.5. The van der Waals surface area contributed by atoms with Crippen LogP contribution < -0.4 is 15.2 Å². The van der Waals surface area contributed by atoms with Gasteiger partial charge in [0.2, 0.25) is 5.95 Å². The molecule has 0 saturated heterocycles. The topological polar surface area (TPSA) is 92.4 Å². The number of hydrogen-bond donors (Lipinski definition) is 1. The van der Waals surface area contributed by atoms with Gasteiger partial charge in [0.05, 0.1) is 12.7 Å². The molecule has 17 heavy (non-hydrogen) atoms. The molecule has 0 amide bonds. The van der Waals surface area contributed by atoms with Crippen LogP contribution in [0.1, 0.15) is 20.3 Å². The van der Waals surface area contributed by atoms with Gasteiger partial charge in [-0.25, -0.2) is 0 Å². The molecule has 1 aromatic heterocycles. The second-order valence-corrected chi connectivity index (χ2v) is 3.62. The minimum Gasteiger partial charge on any atom is -0.463 e. The average molecular weight is 242 g/mol. The predicted octanol–water partition coefficient (Wildman–Crippen LogP) is 0.656. The predicted molar refractivity (Wildman–Crippen MR) is 62.0 cm³/mol. The molecule has 1 rings (SSSR count). The summed E-state index contributed by atoms with van der Waals surface area (Å²) >= 11 is 0. The quantitative estimate of drug-likeness (QED) is 0.702. The fraction of sp³-hybridized carbons (Fsp3) is 0.700. The summed E-state index contributed by atoms with van der Waals surface area (Å²) in [6.45, 7) is 4.83. The molecule has 0 atom stereocenters. The molecule has 0 spiro atoms. The Bertz CT molecular complexity index is 346. The number of hydrogen-bond acceptors (Lipinski definition) is 7. The Labute approximate surface area is 100 Å². The van der Waals surface area contributed by atoms with E-state index >= 15 is 0 Å². The fourth-order valence-electron chi connectivity index (χ4n) is 1.05. The maximum Gasteiger partial charge on any atom is 0.324 e. The van der Waals surface area contributed by atoms with Crippen molar-refractivity contribution in [3.8, 4) is 12.0 Å². The van der Waals surface area contributed by atoms with Gasteiger partial charge in [0, 0.05) is 20.1 Å². The number of ether oxygens (including phenoxy) is 3. The average Bonchev–Trinajstić information content (AvgIpc) is 2.22. The van der Waals surface area contributed by atoms with Crippen molar-refractivity contribution in [1.82, 2.24) is 15.0 Å². The number of nitrogens with two attached hydrogens (primary N) is 1. The van der Waals surface area contributed by atoms with Crippen molar-refractivity contribution in [1.29, 1.82) is 0 Å². The fourth-order valence-corrected chi connectivity index (χ4v) is 1.05. The Morgan fingerprint density at radius 1 is 1.12 bits per heavy atom. The summed E-state index contributed by atoms with van der Waals surface area (Å²) in [6, 6.07) is 0.346. The van der Waals surface area contributed by atoms with Crippen LogP contribution in [0.15, 0.2) is 0 Å². The molecular weight excluding hydrogens is 224 g/mol. The van der Waals surface area contributed by atoms with Crippen molar-refractivity contribution in [2.75, 3.05) is 26.1 Å². The number of aromatic nitrogens is 3. The minimum atomic E-state index is -0.0295. The van der Waals surface area contributed by atoms with Crippen molar-refractivity contribution in [2.24, 2.45) is 0 Å². The second-order valence-electron chi connectivity index (χ2n) is 3.62. The normalized spacial score (nSPS) is 10.6. The van der Waals surface area contributed by atoms with Crippen LogP contribution in [-0.4, -0.2) is 41.4 Å². The molecule has 0 fully saturated rings. The highest BCUT2D eigenvalue weighted by atomic mass is 16.5. The van der Waals surface area contributed by atoms with E-state index in [4.69, 9.17) is 19.9 Å². The first-order valence-corrected chi connectivity index (χ1v) is 5.41. The zero-order valence-electron chi connectivity index (χ0n) is 10.3. The first-order valence-electron chi connectivity index (χ1n) is 5.41. The summed E-state index contributed by atoms with van der Waals surface area (Å²) in [5, 5.41) is 0. The lowest BCUT2D eigenvalue weighted by molar-refractivity contribution is 0.166. The zero-order valence-corrected chi connectivity index (χ0v) is 10.3.